The number of aromatic hydroxyl groups is 1. The summed E-state index contributed by atoms with van der Waals surface area (Å²) in [4.78, 5) is 8.44. The van der Waals surface area contributed by atoms with Crippen LogP contribution < -0.4 is 0 Å². The van der Waals surface area contributed by atoms with Gasteiger partial charge in [0.05, 0.1) is 6.26 Å². The average Bonchev–Trinajstić information content (AvgIpc) is 2.49. The van der Waals surface area contributed by atoms with Crippen LogP contribution in [-0.2, 0) is 21.1 Å². The first-order chi connectivity index (χ1) is 11.8. The molecule has 0 atom stereocenters. The standard InChI is InChI=1S/C18H22O2.C2H4O2/c19-18-4-2-1-3-14(18)10-20-11-17-15-6-12-5-13(8-15)9-16(17)7-12;1-2-4-3-1/h1-4,11-13,15-16,19H,5-10H2;1-2H2. The number of phenolic OH excluding ortho intramolecular Hbond substituents is 1. The minimum absolute atomic E-state index is 0.330. The maximum absolute atomic E-state index is 9.75. The van der Waals surface area contributed by atoms with Gasteiger partial charge in [-0.3, -0.25) is 0 Å². The highest BCUT2D eigenvalue weighted by Gasteiger charge is 2.45. The van der Waals surface area contributed by atoms with Gasteiger partial charge in [0.15, 0.2) is 0 Å². The number of benzene rings is 1. The first-order valence-corrected chi connectivity index (χ1v) is 9.12. The summed E-state index contributed by atoms with van der Waals surface area (Å²) in [6.45, 7) is 2.03. The molecule has 1 saturated heterocycles. The van der Waals surface area contributed by atoms with Crippen molar-refractivity contribution in [2.45, 2.75) is 38.7 Å². The zero-order valence-electron chi connectivity index (χ0n) is 14.0. The molecular weight excluding hydrogens is 304 g/mol. The van der Waals surface area contributed by atoms with Gasteiger partial charge in [0.25, 0.3) is 0 Å². The highest BCUT2D eigenvalue weighted by atomic mass is 17.2. The van der Waals surface area contributed by atoms with E-state index in [0.717, 1.165) is 42.4 Å². The summed E-state index contributed by atoms with van der Waals surface area (Å²) >= 11 is 0. The van der Waals surface area contributed by atoms with Gasteiger partial charge < -0.3 is 9.84 Å². The van der Waals surface area contributed by atoms with Crippen LogP contribution in [0.1, 0.15) is 37.7 Å². The van der Waals surface area contributed by atoms with E-state index in [1.54, 1.807) is 11.6 Å². The Kier molecular flexibility index (Phi) is 4.76. The Morgan fingerprint density at radius 2 is 1.54 bits per heavy atom. The summed E-state index contributed by atoms with van der Waals surface area (Å²) in [6.07, 6.45) is 9.06. The van der Waals surface area contributed by atoms with Crippen molar-refractivity contribution in [2.75, 3.05) is 13.2 Å². The number of phenols is 1. The molecule has 5 aliphatic rings. The minimum atomic E-state index is 0.330. The van der Waals surface area contributed by atoms with Gasteiger partial charge in [-0.25, -0.2) is 9.78 Å². The quantitative estimate of drug-likeness (QED) is 0.666. The van der Waals surface area contributed by atoms with Crippen LogP contribution in [0.5, 0.6) is 5.75 Å². The molecule has 24 heavy (non-hydrogen) atoms. The first-order valence-electron chi connectivity index (χ1n) is 9.12. The topological polar surface area (TPSA) is 47.9 Å². The number of allylic oxidation sites excluding steroid dienone is 1. The van der Waals surface area contributed by atoms with E-state index in [4.69, 9.17) is 4.74 Å². The average molecular weight is 330 g/mol. The zero-order valence-corrected chi connectivity index (χ0v) is 14.0. The van der Waals surface area contributed by atoms with Crippen LogP contribution in [0.15, 0.2) is 36.1 Å². The van der Waals surface area contributed by atoms with E-state index < -0.39 is 0 Å². The van der Waals surface area contributed by atoms with Gasteiger partial charge in [0.1, 0.15) is 25.6 Å². The highest BCUT2D eigenvalue weighted by molar-refractivity contribution is 5.31. The summed E-state index contributed by atoms with van der Waals surface area (Å²) in [5, 5.41) is 9.75. The second kappa shape index (κ2) is 7.16. The molecule has 1 aromatic rings. The predicted octanol–water partition coefficient (Wildman–Crippen LogP) is 4.20. The van der Waals surface area contributed by atoms with Crippen LogP contribution in [0.4, 0.5) is 0 Å². The van der Waals surface area contributed by atoms with Gasteiger partial charge in [-0.2, -0.15) is 0 Å². The molecule has 1 aromatic carbocycles. The smallest absolute Gasteiger partial charge is 0.122 e. The van der Waals surface area contributed by atoms with Gasteiger partial charge in [-0.05, 0) is 67.4 Å². The van der Waals surface area contributed by atoms with Crippen LogP contribution in [0, 0.1) is 23.7 Å². The molecule has 1 aliphatic heterocycles. The maximum atomic E-state index is 9.75. The lowest BCUT2D eigenvalue weighted by Crippen LogP contribution is -2.40. The summed E-state index contributed by atoms with van der Waals surface area (Å²) in [5.74, 6) is 3.89. The molecule has 5 fully saturated rings. The summed E-state index contributed by atoms with van der Waals surface area (Å²) in [7, 11) is 0. The molecule has 0 radical (unpaired) electrons. The Hall–Kier alpha value is -1.52. The maximum Gasteiger partial charge on any atom is 0.122 e. The first kappa shape index (κ1) is 16.0. The lowest BCUT2D eigenvalue weighted by Gasteiger charge is -2.51. The van der Waals surface area contributed by atoms with Crippen LogP contribution >= 0.6 is 0 Å². The second-order valence-electron chi connectivity index (χ2n) is 7.51. The number of para-hydroxylation sites is 1. The van der Waals surface area contributed by atoms with Gasteiger partial charge in [0, 0.05) is 5.56 Å². The lowest BCUT2D eigenvalue weighted by atomic mass is 9.54. The highest BCUT2D eigenvalue weighted by Crippen LogP contribution is 2.56. The third-order valence-corrected chi connectivity index (χ3v) is 5.86. The Morgan fingerprint density at radius 1 is 0.958 bits per heavy atom. The third kappa shape index (κ3) is 3.45. The fourth-order valence-corrected chi connectivity index (χ4v) is 4.86. The molecule has 130 valence electrons. The number of hydrogen-bond donors (Lipinski definition) is 1. The van der Waals surface area contributed by atoms with Gasteiger partial charge >= 0.3 is 0 Å². The molecule has 0 aromatic heterocycles. The van der Waals surface area contributed by atoms with Crippen LogP contribution in [0.3, 0.4) is 0 Å². The van der Waals surface area contributed by atoms with E-state index in [1.165, 1.54) is 32.1 Å². The summed E-state index contributed by atoms with van der Waals surface area (Å²) in [6, 6.07) is 7.42. The fourth-order valence-electron chi connectivity index (χ4n) is 4.86. The van der Waals surface area contributed by atoms with E-state index in [-0.39, 0.29) is 0 Å². The van der Waals surface area contributed by atoms with Crippen molar-refractivity contribution in [1.29, 1.82) is 0 Å². The molecule has 0 spiro atoms. The van der Waals surface area contributed by atoms with Crippen molar-refractivity contribution in [1.82, 2.24) is 0 Å². The van der Waals surface area contributed by atoms with E-state index >= 15 is 0 Å². The van der Waals surface area contributed by atoms with Gasteiger partial charge in [-0.15, -0.1) is 0 Å². The fraction of sp³-hybridized carbons (Fsp3) is 0.600. The molecule has 4 nitrogen and oxygen atoms in total. The molecule has 1 heterocycles. The lowest BCUT2D eigenvalue weighted by molar-refractivity contribution is -0.382. The number of rotatable bonds is 3. The minimum Gasteiger partial charge on any atom is -0.508 e. The third-order valence-electron chi connectivity index (χ3n) is 5.86. The molecular formula is C20H26O4. The van der Waals surface area contributed by atoms with Crippen molar-refractivity contribution < 1.29 is 19.6 Å². The molecule has 4 aliphatic carbocycles. The summed E-state index contributed by atoms with van der Waals surface area (Å²) < 4.78 is 5.80. The van der Waals surface area contributed by atoms with Crippen LogP contribution in [-0.4, -0.2) is 18.3 Å². The SMILES string of the molecule is C1COO1.Oc1ccccc1COC=C1C2CC3CC(C2)CC1C3. The van der Waals surface area contributed by atoms with Crippen molar-refractivity contribution in [3.8, 4) is 5.75 Å². The van der Waals surface area contributed by atoms with Crippen molar-refractivity contribution in [2.24, 2.45) is 23.7 Å². The van der Waals surface area contributed by atoms with Crippen molar-refractivity contribution >= 4 is 0 Å². The predicted molar refractivity (Wildman–Crippen MR) is 89.9 cm³/mol. The Morgan fingerprint density at radius 3 is 2.08 bits per heavy atom. The van der Waals surface area contributed by atoms with Crippen LogP contribution in [0.2, 0.25) is 0 Å². The normalized spacial score (nSPS) is 32.6. The van der Waals surface area contributed by atoms with E-state index in [9.17, 15) is 5.11 Å². The van der Waals surface area contributed by atoms with Crippen molar-refractivity contribution in [3.05, 3.63) is 41.7 Å². The number of hydrogen-bond acceptors (Lipinski definition) is 4. The molecule has 4 heteroatoms. The summed E-state index contributed by atoms with van der Waals surface area (Å²) in [5.41, 5.74) is 2.43. The Bertz CT molecular complexity index is 557. The van der Waals surface area contributed by atoms with Gasteiger partial charge in [-0.1, -0.05) is 18.2 Å². The molecule has 4 saturated carbocycles. The monoisotopic (exact) mass is 330 g/mol. The molecule has 1 N–H and O–H groups in total. The van der Waals surface area contributed by atoms with E-state index in [2.05, 4.69) is 9.78 Å². The molecule has 0 unspecified atom stereocenters. The van der Waals surface area contributed by atoms with Crippen LogP contribution in [0.25, 0.3) is 0 Å². The van der Waals surface area contributed by atoms with Gasteiger partial charge in [0.2, 0.25) is 0 Å². The molecule has 0 amide bonds. The Balaban J connectivity index is 0.000000321. The molecule has 4 bridgehead atoms. The van der Waals surface area contributed by atoms with E-state index in [1.807, 2.05) is 24.5 Å². The van der Waals surface area contributed by atoms with E-state index in [0.29, 0.717) is 12.4 Å². The zero-order chi connectivity index (χ0) is 16.4. The molecule has 6 rings (SSSR count). The largest absolute Gasteiger partial charge is 0.508 e. The Labute approximate surface area is 143 Å². The second-order valence-corrected chi connectivity index (χ2v) is 7.51. The number of ether oxygens (including phenoxy) is 1. The van der Waals surface area contributed by atoms with Crippen molar-refractivity contribution in [3.63, 3.8) is 0 Å².